The zero-order chi connectivity index (χ0) is 20.5. The molecule has 4 heterocycles. The fraction of sp³-hybridized carbons (Fsp3) is 0.182. The first-order chi connectivity index (χ1) is 14.7. The molecular formula is C22H19N5O2S. The van der Waals surface area contributed by atoms with E-state index in [9.17, 15) is 4.79 Å². The highest BCUT2D eigenvalue weighted by Crippen LogP contribution is 2.34. The number of hydrazone groups is 1. The number of fused-ring (bicyclic) bond motifs is 1. The van der Waals surface area contributed by atoms with Crippen molar-refractivity contribution in [2.75, 3.05) is 5.75 Å². The van der Waals surface area contributed by atoms with E-state index < -0.39 is 0 Å². The number of rotatable bonds is 5. The van der Waals surface area contributed by atoms with E-state index in [0.717, 1.165) is 22.7 Å². The summed E-state index contributed by atoms with van der Waals surface area (Å²) in [5.41, 5.74) is 3.83. The Morgan fingerprint density at radius 2 is 2.00 bits per heavy atom. The number of thioether (sulfide) groups is 1. The minimum absolute atomic E-state index is 0.101. The Morgan fingerprint density at radius 3 is 2.80 bits per heavy atom. The van der Waals surface area contributed by atoms with Crippen LogP contribution in [0.2, 0.25) is 0 Å². The molecule has 0 aliphatic carbocycles. The third-order valence-corrected chi connectivity index (χ3v) is 5.96. The number of amides is 1. The van der Waals surface area contributed by atoms with Crippen LogP contribution in [0.1, 0.15) is 29.3 Å². The molecule has 1 aromatic carbocycles. The van der Waals surface area contributed by atoms with E-state index in [-0.39, 0.29) is 17.7 Å². The molecule has 30 heavy (non-hydrogen) atoms. The predicted octanol–water partition coefficient (Wildman–Crippen LogP) is 4.10. The summed E-state index contributed by atoms with van der Waals surface area (Å²) in [7, 11) is 0. The van der Waals surface area contributed by atoms with Gasteiger partial charge in [-0.3, -0.25) is 9.20 Å². The lowest BCUT2D eigenvalue weighted by Gasteiger charge is -2.19. The molecule has 3 aromatic heterocycles. The number of aryl methyl sites for hydroxylation is 1. The summed E-state index contributed by atoms with van der Waals surface area (Å²) < 4.78 is 7.48. The molecule has 0 unspecified atom stereocenters. The highest BCUT2D eigenvalue weighted by atomic mass is 32.2. The first-order valence-corrected chi connectivity index (χ1v) is 10.6. The molecule has 1 amide bonds. The van der Waals surface area contributed by atoms with Crippen molar-refractivity contribution in [2.24, 2.45) is 5.10 Å². The van der Waals surface area contributed by atoms with Gasteiger partial charge in [-0.2, -0.15) is 5.10 Å². The molecule has 0 saturated heterocycles. The normalized spacial score (nSPS) is 16.2. The van der Waals surface area contributed by atoms with Crippen LogP contribution in [0.5, 0.6) is 0 Å². The van der Waals surface area contributed by atoms with Crippen LogP contribution in [0.15, 0.2) is 81.7 Å². The summed E-state index contributed by atoms with van der Waals surface area (Å²) in [6.07, 6.45) is 4.12. The lowest BCUT2D eigenvalue weighted by molar-refractivity contribution is -0.130. The summed E-state index contributed by atoms with van der Waals surface area (Å²) >= 11 is 1.35. The van der Waals surface area contributed by atoms with Crippen molar-refractivity contribution in [3.05, 3.63) is 83.9 Å². The second-order valence-electron chi connectivity index (χ2n) is 7.09. The van der Waals surface area contributed by atoms with Crippen LogP contribution in [0.4, 0.5) is 0 Å². The van der Waals surface area contributed by atoms with Gasteiger partial charge in [-0.1, -0.05) is 47.7 Å². The molecule has 1 aliphatic rings. The molecule has 5 rings (SSSR count). The van der Waals surface area contributed by atoms with E-state index in [0.29, 0.717) is 11.6 Å². The van der Waals surface area contributed by atoms with Crippen molar-refractivity contribution < 1.29 is 9.21 Å². The SMILES string of the molecule is Cc1ccc(C2=NN(C(=O)CSc3nnc4ccccn34)[C@@H](c3ccco3)C2)cc1. The number of carbonyl (C=O) groups excluding carboxylic acids is 1. The highest BCUT2D eigenvalue weighted by Gasteiger charge is 2.34. The van der Waals surface area contributed by atoms with Gasteiger partial charge in [-0.25, -0.2) is 5.01 Å². The molecule has 0 bridgehead atoms. The van der Waals surface area contributed by atoms with Crippen molar-refractivity contribution >= 4 is 29.0 Å². The van der Waals surface area contributed by atoms with Gasteiger partial charge < -0.3 is 4.42 Å². The van der Waals surface area contributed by atoms with Gasteiger partial charge in [0.1, 0.15) is 11.8 Å². The van der Waals surface area contributed by atoms with Gasteiger partial charge in [-0.15, -0.1) is 10.2 Å². The Balaban J connectivity index is 1.38. The van der Waals surface area contributed by atoms with Gasteiger partial charge in [0.15, 0.2) is 10.8 Å². The Morgan fingerprint density at radius 1 is 1.13 bits per heavy atom. The van der Waals surface area contributed by atoms with Crippen molar-refractivity contribution in [1.82, 2.24) is 19.6 Å². The first-order valence-electron chi connectivity index (χ1n) is 9.61. The molecule has 4 aromatic rings. The number of pyridine rings is 1. The quantitative estimate of drug-likeness (QED) is 0.457. The lowest BCUT2D eigenvalue weighted by atomic mass is 10.0. The van der Waals surface area contributed by atoms with Crippen molar-refractivity contribution in [2.45, 2.75) is 24.5 Å². The fourth-order valence-electron chi connectivity index (χ4n) is 3.47. The van der Waals surface area contributed by atoms with Crippen LogP contribution in [-0.2, 0) is 4.79 Å². The van der Waals surface area contributed by atoms with Crippen molar-refractivity contribution in [3.8, 4) is 0 Å². The fourth-order valence-corrected chi connectivity index (χ4v) is 4.25. The summed E-state index contributed by atoms with van der Waals surface area (Å²) in [6.45, 7) is 2.05. The highest BCUT2D eigenvalue weighted by molar-refractivity contribution is 7.99. The number of carbonyl (C=O) groups is 1. The van der Waals surface area contributed by atoms with Crippen LogP contribution in [0, 0.1) is 6.92 Å². The largest absolute Gasteiger partial charge is 0.467 e. The van der Waals surface area contributed by atoms with Crippen molar-refractivity contribution in [1.29, 1.82) is 0 Å². The summed E-state index contributed by atoms with van der Waals surface area (Å²) in [5, 5.41) is 15.2. The number of benzene rings is 1. The van der Waals surface area contributed by atoms with Crippen LogP contribution < -0.4 is 0 Å². The van der Waals surface area contributed by atoms with Crippen molar-refractivity contribution in [3.63, 3.8) is 0 Å². The van der Waals surface area contributed by atoms with E-state index in [1.807, 2.05) is 60.0 Å². The van der Waals surface area contributed by atoms with Crippen LogP contribution in [0.25, 0.3) is 5.65 Å². The molecule has 0 radical (unpaired) electrons. The van der Waals surface area contributed by atoms with Gasteiger partial charge in [0.2, 0.25) is 0 Å². The van der Waals surface area contributed by atoms with Gasteiger partial charge >= 0.3 is 0 Å². The zero-order valence-corrected chi connectivity index (χ0v) is 17.1. The van der Waals surface area contributed by atoms with Gasteiger partial charge in [0.05, 0.1) is 17.7 Å². The van der Waals surface area contributed by atoms with Crippen LogP contribution >= 0.6 is 11.8 Å². The van der Waals surface area contributed by atoms with Gasteiger partial charge in [0.25, 0.3) is 5.91 Å². The number of nitrogens with zero attached hydrogens (tertiary/aromatic N) is 5. The molecule has 8 heteroatoms. The van der Waals surface area contributed by atoms with E-state index in [2.05, 4.69) is 27.4 Å². The molecule has 0 spiro atoms. The molecule has 1 aliphatic heterocycles. The first kappa shape index (κ1) is 18.6. The molecule has 0 fully saturated rings. The smallest absolute Gasteiger partial charge is 0.253 e. The summed E-state index contributed by atoms with van der Waals surface area (Å²) in [6, 6.07) is 17.3. The third-order valence-electron chi connectivity index (χ3n) is 5.03. The molecule has 0 saturated carbocycles. The standard InChI is InChI=1S/C22H19N5O2S/c1-15-7-9-16(10-8-15)17-13-18(19-5-4-12-29-19)27(25-17)21(28)14-30-22-24-23-20-6-2-3-11-26(20)22/h2-12,18H,13-14H2,1H3/t18-/m1/s1. The summed E-state index contributed by atoms with van der Waals surface area (Å²) in [5.74, 6) is 0.834. The average molecular weight is 417 g/mol. The minimum atomic E-state index is -0.250. The van der Waals surface area contributed by atoms with E-state index in [1.165, 1.54) is 17.3 Å². The monoisotopic (exact) mass is 417 g/mol. The second-order valence-corrected chi connectivity index (χ2v) is 8.03. The topological polar surface area (TPSA) is 76.0 Å². The molecule has 150 valence electrons. The number of hydrogen-bond acceptors (Lipinski definition) is 6. The summed E-state index contributed by atoms with van der Waals surface area (Å²) in [4.78, 5) is 13.1. The molecule has 1 atom stereocenters. The maximum absolute atomic E-state index is 13.1. The van der Waals surface area contributed by atoms with Crippen LogP contribution in [0.3, 0.4) is 0 Å². The maximum atomic E-state index is 13.1. The Bertz CT molecular complexity index is 1210. The number of furan rings is 1. The predicted molar refractivity (Wildman–Crippen MR) is 114 cm³/mol. The Labute approximate surface area is 177 Å². The molecular weight excluding hydrogens is 398 g/mol. The van der Waals surface area contributed by atoms with E-state index in [1.54, 1.807) is 11.3 Å². The Kier molecular flexibility index (Phi) is 4.84. The van der Waals surface area contributed by atoms with Gasteiger partial charge in [0, 0.05) is 12.6 Å². The Hall–Kier alpha value is -3.39. The second kappa shape index (κ2) is 7.79. The number of aromatic nitrogens is 3. The van der Waals surface area contributed by atoms with E-state index in [4.69, 9.17) is 4.42 Å². The molecule has 7 nitrogen and oxygen atoms in total. The van der Waals surface area contributed by atoms with Crippen LogP contribution in [-0.4, -0.2) is 37.0 Å². The minimum Gasteiger partial charge on any atom is -0.467 e. The molecule has 0 N–H and O–H groups in total. The number of hydrogen-bond donors (Lipinski definition) is 0. The zero-order valence-electron chi connectivity index (χ0n) is 16.3. The maximum Gasteiger partial charge on any atom is 0.253 e. The average Bonchev–Trinajstić information content (AvgIpc) is 3.51. The third kappa shape index (κ3) is 3.50. The van der Waals surface area contributed by atoms with E-state index >= 15 is 0 Å². The van der Waals surface area contributed by atoms with Gasteiger partial charge in [-0.05, 0) is 36.8 Å². The lowest BCUT2D eigenvalue weighted by Crippen LogP contribution is -2.28.